The van der Waals surface area contributed by atoms with E-state index in [0.29, 0.717) is 18.8 Å². The normalized spacial score (nSPS) is 13.0. The van der Waals surface area contributed by atoms with Crippen LogP contribution in [0.15, 0.2) is 42.5 Å². The van der Waals surface area contributed by atoms with Gasteiger partial charge in [-0.15, -0.1) is 0 Å². The Balaban J connectivity index is 2.35. The highest BCUT2D eigenvalue weighted by atomic mass is 19.4. The predicted octanol–water partition coefficient (Wildman–Crippen LogP) is 3.59. The summed E-state index contributed by atoms with van der Waals surface area (Å²) in [5.74, 6) is 0.300. The minimum Gasteiger partial charge on any atom is -0.481 e. The number of rotatable bonds is 5. The molecule has 0 saturated heterocycles. The molecule has 2 rings (SSSR count). The fourth-order valence-electron chi connectivity index (χ4n) is 2.29. The van der Waals surface area contributed by atoms with Gasteiger partial charge < -0.3 is 10.5 Å². The van der Waals surface area contributed by atoms with Crippen LogP contribution in [0.1, 0.15) is 29.2 Å². The molecule has 1 aromatic carbocycles. The van der Waals surface area contributed by atoms with Crippen LogP contribution in [0.4, 0.5) is 13.2 Å². The van der Waals surface area contributed by atoms with Crippen LogP contribution in [0.25, 0.3) is 0 Å². The average molecular weight is 310 g/mol. The molecular weight excluding hydrogens is 293 g/mol. The maximum Gasteiger partial charge on any atom is 0.416 e. The molecule has 1 atom stereocenters. The Hall–Kier alpha value is -2.08. The third-order valence-corrected chi connectivity index (χ3v) is 3.41. The summed E-state index contributed by atoms with van der Waals surface area (Å²) in [5, 5.41) is 0. The molecular formula is C16H17F3N2O. The van der Waals surface area contributed by atoms with Gasteiger partial charge in [-0.2, -0.15) is 13.2 Å². The highest BCUT2D eigenvalue weighted by molar-refractivity contribution is 5.33. The zero-order valence-corrected chi connectivity index (χ0v) is 12.1. The summed E-state index contributed by atoms with van der Waals surface area (Å²) in [4.78, 5) is 4.36. The summed E-state index contributed by atoms with van der Waals surface area (Å²) >= 11 is 0. The molecule has 0 spiro atoms. The smallest absolute Gasteiger partial charge is 0.416 e. The summed E-state index contributed by atoms with van der Waals surface area (Å²) in [6.45, 7) is 0.407. The lowest BCUT2D eigenvalue weighted by Crippen LogP contribution is -2.11. The lowest BCUT2D eigenvalue weighted by molar-refractivity contribution is -0.137. The Morgan fingerprint density at radius 1 is 1.14 bits per heavy atom. The quantitative estimate of drug-likeness (QED) is 0.918. The largest absolute Gasteiger partial charge is 0.481 e. The van der Waals surface area contributed by atoms with Crippen LogP contribution in [-0.4, -0.2) is 18.6 Å². The molecule has 1 aromatic heterocycles. The summed E-state index contributed by atoms with van der Waals surface area (Å²) in [7, 11) is 1.52. The van der Waals surface area contributed by atoms with Crippen LogP contribution in [0, 0.1) is 0 Å². The number of aromatic nitrogens is 1. The maximum atomic E-state index is 12.6. The van der Waals surface area contributed by atoms with Gasteiger partial charge in [0.15, 0.2) is 0 Å². The highest BCUT2D eigenvalue weighted by Gasteiger charge is 2.30. The van der Waals surface area contributed by atoms with Crippen LogP contribution in [0.3, 0.4) is 0 Å². The third kappa shape index (κ3) is 3.76. The molecule has 1 unspecified atom stereocenters. The van der Waals surface area contributed by atoms with Gasteiger partial charge in [0.05, 0.1) is 18.4 Å². The molecule has 118 valence electrons. The highest BCUT2D eigenvalue weighted by Crippen LogP contribution is 2.32. The molecule has 0 aliphatic rings. The number of pyridine rings is 1. The first kappa shape index (κ1) is 16.3. The van der Waals surface area contributed by atoms with Crippen molar-refractivity contribution in [1.29, 1.82) is 0 Å². The van der Waals surface area contributed by atoms with Crippen molar-refractivity contribution in [2.75, 3.05) is 13.7 Å². The molecule has 2 aromatic rings. The van der Waals surface area contributed by atoms with E-state index in [0.717, 1.165) is 23.4 Å². The van der Waals surface area contributed by atoms with E-state index in [2.05, 4.69) is 4.98 Å². The third-order valence-electron chi connectivity index (χ3n) is 3.41. The van der Waals surface area contributed by atoms with Crippen molar-refractivity contribution in [1.82, 2.24) is 4.98 Å². The number of ether oxygens (including phenoxy) is 1. The monoisotopic (exact) mass is 310 g/mol. The molecule has 0 fully saturated rings. The molecule has 22 heavy (non-hydrogen) atoms. The maximum absolute atomic E-state index is 12.6. The van der Waals surface area contributed by atoms with E-state index in [1.807, 2.05) is 6.07 Å². The molecule has 3 nitrogen and oxygen atoms in total. The van der Waals surface area contributed by atoms with Gasteiger partial charge in [-0.3, -0.25) is 0 Å². The van der Waals surface area contributed by atoms with Crippen molar-refractivity contribution in [3.63, 3.8) is 0 Å². The zero-order chi connectivity index (χ0) is 16.2. The number of nitrogens with zero attached hydrogens (tertiary/aromatic N) is 1. The first-order valence-electron chi connectivity index (χ1n) is 6.84. The number of hydrogen-bond acceptors (Lipinski definition) is 3. The molecule has 2 N–H and O–H groups in total. The predicted molar refractivity (Wildman–Crippen MR) is 77.7 cm³/mol. The molecule has 0 saturated carbocycles. The standard InChI is InChI=1S/C16H17F3N2O/c1-22-15-4-2-3-14(21-15)13(9-10-20)11-5-7-12(8-6-11)16(17,18)19/h2-8,13H,9-10,20H2,1H3. The van der Waals surface area contributed by atoms with Crippen molar-refractivity contribution >= 4 is 0 Å². The Kier molecular flexibility index (Phi) is 5.03. The molecule has 0 amide bonds. The summed E-state index contributed by atoms with van der Waals surface area (Å²) in [6, 6.07) is 10.5. The Morgan fingerprint density at radius 3 is 2.36 bits per heavy atom. The summed E-state index contributed by atoms with van der Waals surface area (Å²) in [6.07, 6.45) is -3.75. The number of nitrogens with two attached hydrogens (primary N) is 1. The number of methoxy groups -OCH3 is 1. The van der Waals surface area contributed by atoms with Crippen molar-refractivity contribution in [3.8, 4) is 5.88 Å². The van der Waals surface area contributed by atoms with Gasteiger partial charge in [0.25, 0.3) is 0 Å². The molecule has 1 heterocycles. The molecule has 6 heteroatoms. The minimum absolute atomic E-state index is 0.164. The van der Waals surface area contributed by atoms with E-state index in [-0.39, 0.29) is 5.92 Å². The number of hydrogen-bond donors (Lipinski definition) is 1. The second kappa shape index (κ2) is 6.79. The SMILES string of the molecule is COc1cccc(C(CCN)c2ccc(C(F)(F)F)cc2)n1. The van der Waals surface area contributed by atoms with Crippen molar-refractivity contribution in [3.05, 3.63) is 59.3 Å². The van der Waals surface area contributed by atoms with Crippen LogP contribution in [0.5, 0.6) is 5.88 Å². The topological polar surface area (TPSA) is 48.1 Å². The van der Waals surface area contributed by atoms with E-state index in [1.54, 1.807) is 12.1 Å². The Labute approximate surface area is 126 Å². The van der Waals surface area contributed by atoms with Crippen LogP contribution in [0.2, 0.25) is 0 Å². The van der Waals surface area contributed by atoms with E-state index >= 15 is 0 Å². The zero-order valence-electron chi connectivity index (χ0n) is 12.1. The van der Waals surface area contributed by atoms with E-state index in [1.165, 1.54) is 19.2 Å². The number of benzene rings is 1. The molecule has 0 aliphatic heterocycles. The van der Waals surface area contributed by atoms with Crippen molar-refractivity contribution in [2.45, 2.75) is 18.5 Å². The van der Waals surface area contributed by atoms with Crippen LogP contribution >= 0.6 is 0 Å². The minimum atomic E-state index is -4.34. The first-order valence-corrected chi connectivity index (χ1v) is 6.84. The van der Waals surface area contributed by atoms with Crippen LogP contribution < -0.4 is 10.5 Å². The summed E-state index contributed by atoms with van der Waals surface area (Å²) < 4.78 is 43.0. The second-order valence-corrected chi connectivity index (χ2v) is 4.85. The van der Waals surface area contributed by atoms with Gasteiger partial charge in [-0.25, -0.2) is 4.98 Å². The van der Waals surface area contributed by atoms with Gasteiger partial charge >= 0.3 is 6.18 Å². The van der Waals surface area contributed by atoms with Crippen molar-refractivity contribution < 1.29 is 17.9 Å². The fourth-order valence-corrected chi connectivity index (χ4v) is 2.29. The lowest BCUT2D eigenvalue weighted by Gasteiger charge is -2.17. The average Bonchev–Trinajstić information content (AvgIpc) is 2.52. The van der Waals surface area contributed by atoms with Gasteiger partial charge in [-0.1, -0.05) is 18.2 Å². The van der Waals surface area contributed by atoms with Crippen LogP contribution in [-0.2, 0) is 6.18 Å². The Morgan fingerprint density at radius 2 is 1.82 bits per heavy atom. The van der Waals surface area contributed by atoms with E-state index < -0.39 is 11.7 Å². The van der Waals surface area contributed by atoms with E-state index in [4.69, 9.17) is 10.5 Å². The Bertz CT molecular complexity index is 612. The second-order valence-electron chi connectivity index (χ2n) is 4.85. The van der Waals surface area contributed by atoms with Crippen molar-refractivity contribution in [2.24, 2.45) is 5.73 Å². The van der Waals surface area contributed by atoms with Gasteiger partial charge in [-0.05, 0) is 36.7 Å². The van der Waals surface area contributed by atoms with Gasteiger partial charge in [0.1, 0.15) is 0 Å². The number of halogens is 3. The number of alkyl halides is 3. The van der Waals surface area contributed by atoms with E-state index in [9.17, 15) is 13.2 Å². The molecule has 0 radical (unpaired) electrons. The first-order chi connectivity index (χ1) is 10.5. The molecule has 0 aliphatic carbocycles. The molecule has 0 bridgehead atoms. The lowest BCUT2D eigenvalue weighted by atomic mass is 9.91. The van der Waals surface area contributed by atoms with Gasteiger partial charge in [0, 0.05) is 12.0 Å². The fraction of sp³-hybridized carbons (Fsp3) is 0.312. The summed E-state index contributed by atoms with van der Waals surface area (Å²) in [5.41, 5.74) is 6.45. The van der Waals surface area contributed by atoms with Gasteiger partial charge in [0.2, 0.25) is 5.88 Å².